The van der Waals surface area contributed by atoms with Crippen LogP contribution in [0.25, 0.3) is 0 Å². The predicted molar refractivity (Wildman–Crippen MR) is 73.6 cm³/mol. The van der Waals surface area contributed by atoms with Gasteiger partial charge in [-0.15, -0.1) is 0 Å². The number of aryl methyl sites for hydroxylation is 2. The Morgan fingerprint density at radius 3 is 2.70 bits per heavy atom. The number of aromatic nitrogens is 4. The van der Waals surface area contributed by atoms with E-state index in [0.717, 1.165) is 23.1 Å². The molecular weight excluding hydrogens is 258 g/mol. The minimum atomic E-state index is -0.384. The summed E-state index contributed by atoms with van der Waals surface area (Å²) in [5, 5.41) is 7.04. The highest BCUT2D eigenvalue weighted by molar-refractivity contribution is 5.91. The van der Waals surface area contributed by atoms with Crippen LogP contribution < -0.4 is 5.56 Å². The predicted octanol–water partition coefficient (Wildman–Crippen LogP) is 0.425. The smallest absolute Gasteiger partial charge is 0.271 e. The Labute approximate surface area is 116 Å². The lowest BCUT2D eigenvalue weighted by Crippen LogP contribution is -2.31. The Bertz CT molecular complexity index is 654. The first kappa shape index (κ1) is 14.0. The highest BCUT2D eigenvalue weighted by atomic mass is 16.2. The van der Waals surface area contributed by atoms with Gasteiger partial charge in [0, 0.05) is 19.3 Å². The fraction of sp³-hybridized carbons (Fsp3) is 0.385. The van der Waals surface area contributed by atoms with Gasteiger partial charge in [0.1, 0.15) is 5.69 Å². The summed E-state index contributed by atoms with van der Waals surface area (Å²) in [6, 6.07) is 0. The monoisotopic (exact) mass is 275 g/mol. The van der Waals surface area contributed by atoms with Crippen molar-refractivity contribution in [1.82, 2.24) is 25.1 Å². The number of H-pyrrole nitrogens is 2. The first-order chi connectivity index (χ1) is 9.49. The van der Waals surface area contributed by atoms with Crippen LogP contribution in [-0.2, 0) is 6.42 Å². The van der Waals surface area contributed by atoms with Crippen molar-refractivity contribution in [1.29, 1.82) is 0 Å². The Kier molecular flexibility index (Phi) is 3.97. The minimum absolute atomic E-state index is 0.195. The summed E-state index contributed by atoms with van der Waals surface area (Å²) >= 11 is 0. The van der Waals surface area contributed by atoms with Gasteiger partial charge in [0.2, 0.25) is 0 Å². The van der Waals surface area contributed by atoms with Gasteiger partial charge in [0.15, 0.2) is 0 Å². The second kappa shape index (κ2) is 5.68. The summed E-state index contributed by atoms with van der Waals surface area (Å²) in [4.78, 5) is 31.0. The van der Waals surface area contributed by atoms with Gasteiger partial charge in [0.05, 0.1) is 18.1 Å². The number of amides is 1. The zero-order chi connectivity index (χ0) is 14.7. The van der Waals surface area contributed by atoms with E-state index in [1.807, 2.05) is 13.8 Å². The average Bonchev–Trinajstić information content (AvgIpc) is 2.74. The van der Waals surface area contributed by atoms with Crippen molar-refractivity contribution < 1.29 is 4.79 Å². The third-order valence-electron chi connectivity index (χ3n) is 3.21. The number of nitrogens with one attached hydrogen (secondary N) is 2. The van der Waals surface area contributed by atoms with Crippen LogP contribution in [0.2, 0.25) is 0 Å². The number of nitrogens with zero attached hydrogens (tertiary/aromatic N) is 3. The zero-order valence-corrected chi connectivity index (χ0v) is 11.7. The van der Waals surface area contributed by atoms with Crippen LogP contribution >= 0.6 is 0 Å². The summed E-state index contributed by atoms with van der Waals surface area (Å²) in [7, 11) is 1.69. The van der Waals surface area contributed by atoms with Gasteiger partial charge in [-0.1, -0.05) is 0 Å². The lowest BCUT2D eigenvalue weighted by Gasteiger charge is -2.16. The quantitative estimate of drug-likeness (QED) is 0.845. The molecule has 2 N–H and O–H groups in total. The third-order valence-corrected chi connectivity index (χ3v) is 3.21. The number of hydrogen-bond donors (Lipinski definition) is 2. The van der Waals surface area contributed by atoms with E-state index in [4.69, 9.17) is 0 Å². The molecule has 1 amide bonds. The molecule has 0 aromatic carbocycles. The Morgan fingerprint density at radius 1 is 1.35 bits per heavy atom. The summed E-state index contributed by atoms with van der Waals surface area (Å²) < 4.78 is 0. The molecule has 0 aliphatic heterocycles. The number of aromatic amines is 2. The van der Waals surface area contributed by atoms with E-state index in [0.29, 0.717) is 13.0 Å². The molecule has 2 rings (SSSR count). The van der Waals surface area contributed by atoms with Crippen molar-refractivity contribution in [2.75, 3.05) is 13.6 Å². The molecule has 0 saturated heterocycles. The van der Waals surface area contributed by atoms with E-state index in [9.17, 15) is 9.59 Å². The topological polar surface area (TPSA) is 94.7 Å². The lowest BCUT2D eigenvalue weighted by atomic mass is 10.1. The normalized spacial score (nSPS) is 10.6. The third kappa shape index (κ3) is 2.93. The molecule has 0 aliphatic rings. The second-order valence-electron chi connectivity index (χ2n) is 4.70. The van der Waals surface area contributed by atoms with Gasteiger partial charge in [-0.05, 0) is 25.8 Å². The molecule has 106 valence electrons. The summed E-state index contributed by atoms with van der Waals surface area (Å²) in [5.74, 6) is -0.256. The van der Waals surface area contributed by atoms with Crippen LogP contribution in [0.15, 0.2) is 17.2 Å². The Balaban J connectivity index is 2.03. The van der Waals surface area contributed by atoms with Gasteiger partial charge in [-0.2, -0.15) is 5.10 Å². The fourth-order valence-corrected chi connectivity index (χ4v) is 2.01. The molecule has 0 saturated carbocycles. The van der Waals surface area contributed by atoms with Crippen molar-refractivity contribution in [3.8, 4) is 0 Å². The highest BCUT2D eigenvalue weighted by Crippen LogP contribution is 2.10. The first-order valence-corrected chi connectivity index (χ1v) is 6.29. The molecular formula is C13H17N5O2. The highest BCUT2D eigenvalue weighted by Gasteiger charge is 2.14. The molecule has 0 fully saturated rings. The fourth-order valence-electron chi connectivity index (χ4n) is 2.01. The van der Waals surface area contributed by atoms with Crippen molar-refractivity contribution in [3.63, 3.8) is 0 Å². The summed E-state index contributed by atoms with van der Waals surface area (Å²) in [6.07, 6.45) is 3.20. The second-order valence-corrected chi connectivity index (χ2v) is 4.70. The van der Waals surface area contributed by atoms with E-state index in [1.54, 1.807) is 11.9 Å². The summed E-state index contributed by atoms with van der Waals surface area (Å²) in [6.45, 7) is 4.42. The van der Waals surface area contributed by atoms with E-state index >= 15 is 0 Å². The van der Waals surface area contributed by atoms with Gasteiger partial charge >= 0.3 is 0 Å². The van der Waals surface area contributed by atoms with Crippen LogP contribution in [0.5, 0.6) is 0 Å². The van der Waals surface area contributed by atoms with Crippen molar-refractivity contribution in [3.05, 3.63) is 45.4 Å². The molecule has 2 heterocycles. The Hall–Kier alpha value is -2.44. The largest absolute Gasteiger partial charge is 0.340 e. The SMILES string of the molecule is Cc1n[nH]c(C)c1CCN(C)C(=O)c1cncc(=O)[nH]1. The number of likely N-dealkylation sites (N-methyl/N-ethyl adjacent to an activating group) is 1. The standard InChI is InChI=1S/C13H17N5O2/c1-8-10(9(2)17-16-8)4-5-18(3)13(20)11-6-14-7-12(19)15-11/h6-7H,4-5H2,1-3H3,(H,15,19)(H,16,17). The van der Waals surface area contributed by atoms with Crippen LogP contribution in [0.4, 0.5) is 0 Å². The lowest BCUT2D eigenvalue weighted by molar-refractivity contribution is 0.0790. The number of rotatable bonds is 4. The molecule has 2 aromatic rings. The van der Waals surface area contributed by atoms with Crippen LogP contribution in [0.1, 0.15) is 27.4 Å². The van der Waals surface area contributed by atoms with Crippen molar-refractivity contribution >= 4 is 5.91 Å². The average molecular weight is 275 g/mol. The Morgan fingerprint density at radius 2 is 2.10 bits per heavy atom. The van der Waals surface area contributed by atoms with Crippen LogP contribution in [-0.4, -0.2) is 44.6 Å². The van der Waals surface area contributed by atoms with Gasteiger partial charge < -0.3 is 9.88 Å². The maximum atomic E-state index is 12.1. The molecule has 0 atom stereocenters. The molecule has 0 aliphatic carbocycles. The minimum Gasteiger partial charge on any atom is -0.340 e. The van der Waals surface area contributed by atoms with Gasteiger partial charge in [-0.3, -0.25) is 19.7 Å². The number of hydrogen-bond acceptors (Lipinski definition) is 4. The maximum Gasteiger partial charge on any atom is 0.271 e. The van der Waals surface area contributed by atoms with Gasteiger partial charge in [0.25, 0.3) is 11.5 Å². The molecule has 20 heavy (non-hydrogen) atoms. The van der Waals surface area contributed by atoms with E-state index in [-0.39, 0.29) is 17.2 Å². The molecule has 2 aromatic heterocycles. The molecule has 0 unspecified atom stereocenters. The molecule has 0 spiro atoms. The van der Waals surface area contributed by atoms with Crippen molar-refractivity contribution in [2.45, 2.75) is 20.3 Å². The summed E-state index contributed by atoms with van der Waals surface area (Å²) in [5.41, 5.74) is 2.88. The molecule has 7 heteroatoms. The maximum absolute atomic E-state index is 12.1. The van der Waals surface area contributed by atoms with E-state index in [2.05, 4.69) is 20.2 Å². The zero-order valence-electron chi connectivity index (χ0n) is 11.7. The van der Waals surface area contributed by atoms with E-state index in [1.165, 1.54) is 6.20 Å². The van der Waals surface area contributed by atoms with E-state index < -0.39 is 0 Å². The van der Waals surface area contributed by atoms with Gasteiger partial charge in [-0.25, -0.2) is 0 Å². The molecule has 0 bridgehead atoms. The number of carbonyl (C=O) groups is 1. The van der Waals surface area contributed by atoms with Crippen LogP contribution in [0, 0.1) is 13.8 Å². The van der Waals surface area contributed by atoms with Crippen LogP contribution in [0.3, 0.4) is 0 Å². The molecule has 0 radical (unpaired) electrons. The van der Waals surface area contributed by atoms with Crippen molar-refractivity contribution in [2.24, 2.45) is 0 Å². The molecule has 7 nitrogen and oxygen atoms in total. The number of carbonyl (C=O) groups excluding carboxylic acids is 1. The first-order valence-electron chi connectivity index (χ1n) is 6.29.